The van der Waals surface area contributed by atoms with E-state index in [9.17, 15) is 4.79 Å². The molecule has 2 aromatic rings. The van der Waals surface area contributed by atoms with Gasteiger partial charge in [-0.3, -0.25) is 4.79 Å². The number of aryl methyl sites for hydroxylation is 2. The van der Waals surface area contributed by atoms with E-state index < -0.39 is 0 Å². The van der Waals surface area contributed by atoms with E-state index in [-0.39, 0.29) is 5.91 Å². The van der Waals surface area contributed by atoms with E-state index in [0.717, 1.165) is 11.1 Å². The summed E-state index contributed by atoms with van der Waals surface area (Å²) >= 11 is 17.9. The molecule has 0 saturated carbocycles. The van der Waals surface area contributed by atoms with Crippen molar-refractivity contribution in [2.45, 2.75) is 13.8 Å². The Morgan fingerprint density at radius 1 is 0.950 bits per heavy atom. The fourth-order valence-corrected chi connectivity index (χ4v) is 2.56. The number of halogens is 3. The Hall–Kier alpha value is -1.22. The van der Waals surface area contributed by atoms with E-state index in [2.05, 4.69) is 5.32 Å². The number of hydrogen-bond donors (Lipinski definition) is 1. The first-order valence-corrected chi connectivity index (χ1v) is 7.05. The molecule has 1 amide bonds. The zero-order chi connectivity index (χ0) is 14.9. The summed E-state index contributed by atoms with van der Waals surface area (Å²) in [6.07, 6.45) is 0. The van der Waals surface area contributed by atoms with Crippen molar-refractivity contribution in [1.29, 1.82) is 0 Å². The van der Waals surface area contributed by atoms with E-state index in [1.54, 1.807) is 18.2 Å². The zero-order valence-electron chi connectivity index (χ0n) is 10.9. The number of nitrogens with one attached hydrogen (secondary N) is 1. The zero-order valence-corrected chi connectivity index (χ0v) is 13.2. The number of amides is 1. The standard InChI is InChI=1S/C15H12Cl3NO/c1-8-5-9(2)14(13(18)6-8)19-15(20)10-3-4-11(16)12(17)7-10/h3-7H,1-2H3,(H,19,20). The van der Waals surface area contributed by atoms with Crippen molar-refractivity contribution >= 4 is 46.4 Å². The average Bonchev–Trinajstić information content (AvgIpc) is 2.36. The average molecular weight is 329 g/mol. The first-order valence-electron chi connectivity index (χ1n) is 5.91. The molecular weight excluding hydrogens is 317 g/mol. The second-order valence-corrected chi connectivity index (χ2v) is 5.74. The molecule has 0 aromatic heterocycles. The van der Waals surface area contributed by atoms with E-state index in [4.69, 9.17) is 34.8 Å². The van der Waals surface area contributed by atoms with Crippen molar-refractivity contribution in [2.75, 3.05) is 5.32 Å². The van der Waals surface area contributed by atoms with Crippen LogP contribution < -0.4 is 5.32 Å². The lowest BCUT2D eigenvalue weighted by Gasteiger charge is -2.12. The van der Waals surface area contributed by atoms with Crippen LogP contribution in [0.15, 0.2) is 30.3 Å². The Labute approximate surface area is 132 Å². The Morgan fingerprint density at radius 3 is 2.25 bits per heavy atom. The molecule has 0 saturated heterocycles. The Kier molecular flexibility index (Phi) is 4.59. The van der Waals surface area contributed by atoms with Gasteiger partial charge in [-0.05, 0) is 49.2 Å². The molecule has 0 aliphatic heterocycles. The van der Waals surface area contributed by atoms with Gasteiger partial charge in [-0.1, -0.05) is 40.9 Å². The summed E-state index contributed by atoms with van der Waals surface area (Å²) in [6.45, 7) is 3.84. The third kappa shape index (κ3) is 3.26. The van der Waals surface area contributed by atoms with E-state index in [0.29, 0.717) is 26.3 Å². The second kappa shape index (κ2) is 6.04. The van der Waals surface area contributed by atoms with Gasteiger partial charge < -0.3 is 5.32 Å². The molecule has 20 heavy (non-hydrogen) atoms. The maximum Gasteiger partial charge on any atom is 0.255 e. The quantitative estimate of drug-likeness (QED) is 0.773. The highest BCUT2D eigenvalue weighted by Gasteiger charge is 2.12. The molecular formula is C15H12Cl3NO. The highest BCUT2D eigenvalue weighted by Crippen LogP contribution is 2.28. The van der Waals surface area contributed by atoms with E-state index in [1.807, 2.05) is 19.9 Å². The lowest BCUT2D eigenvalue weighted by Crippen LogP contribution is -2.13. The van der Waals surface area contributed by atoms with Crippen LogP contribution in [0.2, 0.25) is 15.1 Å². The van der Waals surface area contributed by atoms with Crippen molar-refractivity contribution in [1.82, 2.24) is 0 Å². The molecule has 104 valence electrons. The van der Waals surface area contributed by atoms with Gasteiger partial charge in [0, 0.05) is 5.56 Å². The monoisotopic (exact) mass is 327 g/mol. The normalized spacial score (nSPS) is 10.4. The molecule has 0 atom stereocenters. The van der Waals surface area contributed by atoms with Crippen LogP contribution in [-0.4, -0.2) is 5.91 Å². The maximum absolute atomic E-state index is 12.2. The molecule has 0 spiro atoms. The van der Waals surface area contributed by atoms with E-state index >= 15 is 0 Å². The van der Waals surface area contributed by atoms with Crippen LogP contribution >= 0.6 is 34.8 Å². The first kappa shape index (κ1) is 15.2. The molecule has 2 nitrogen and oxygen atoms in total. The number of carbonyl (C=O) groups excluding carboxylic acids is 1. The molecule has 0 aliphatic rings. The van der Waals surface area contributed by atoms with Gasteiger partial charge in [-0.15, -0.1) is 0 Å². The van der Waals surface area contributed by atoms with Crippen LogP contribution in [0.1, 0.15) is 21.5 Å². The van der Waals surface area contributed by atoms with Gasteiger partial charge in [0.25, 0.3) is 5.91 Å². The fraction of sp³-hybridized carbons (Fsp3) is 0.133. The molecule has 0 fully saturated rings. The highest BCUT2D eigenvalue weighted by atomic mass is 35.5. The summed E-state index contributed by atoms with van der Waals surface area (Å²) in [6, 6.07) is 8.48. The molecule has 2 aromatic carbocycles. The summed E-state index contributed by atoms with van der Waals surface area (Å²) in [5.74, 6) is -0.280. The number of benzene rings is 2. The summed E-state index contributed by atoms with van der Waals surface area (Å²) in [7, 11) is 0. The van der Waals surface area contributed by atoms with Gasteiger partial charge >= 0.3 is 0 Å². The minimum atomic E-state index is -0.280. The predicted molar refractivity (Wildman–Crippen MR) is 85.3 cm³/mol. The molecule has 1 N–H and O–H groups in total. The van der Waals surface area contributed by atoms with Gasteiger partial charge in [0.2, 0.25) is 0 Å². The fourth-order valence-electron chi connectivity index (χ4n) is 1.90. The molecule has 0 unspecified atom stereocenters. The van der Waals surface area contributed by atoms with Gasteiger partial charge in [0.1, 0.15) is 0 Å². The Balaban J connectivity index is 2.30. The number of hydrogen-bond acceptors (Lipinski definition) is 1. The van der Waals surface area contributed by atoms with Crippen molar-refractivity contribution in [3.8, 4) is 0 Å². The van der Waals surface area contributed by atoms with Crippen LogP contribution in [0, 0.1) is 13.8 Å². The summed E-state index contributed by atoms with van der Waals surface area (Å²) < 4.78 is 0. The smallest absolute Gasteiger partial charge is 0.255 e. The predicted octanol–water partition coefficient (Wildman–Crippen LogP) is 5.52. The summed E-state index contributed by atoms with van der Waals surface area (Å²) in [5.41, 5.74) is 2.98. The van der Waals surface area contributed by atoms with Crippen LogP contribution in [0.25, 0.3) is 0 Å². The molecule has 0 radical (unpaired) electrons. The number of carbonyl (C=O) groups is 1. The third-order valence-corrected chi connectivity index (χ3v) is 3.89. The van der Waals surface area contributed by atoms with Crippen molar-refractivity contribution < 1.29 is 4.79 Å². The van der Waals surface area contributed by atoms with Crippen LogP contribution in [0.5, 0.6) is 0 Å². The SMILES string of the molecule is Cc1cc(C)c(NC(=O)c2ccc(Cl)c(Cl)c2)c(Cl)c1. The van der Waals surface area contributed by atoms with Crippen LogP contribution in [0.3, 0.4) is 0 Å². The third-order valence-electron chi connectivity index (χ3n) is 2.85. The molecule has 2 rings (SSSR count). The number of anilines is 1. The maximum atomic E-state index is 12.2. The molecule has 0 heterocycles. The molecule has 0 aliphatic carbocycles. The van der Waals surface area contributed by atoms with Crippen molar-refractivity contribution in [2.24, 2.45) is 0 Å². The van der Waals surface area contributed by atoms with Crippen LogP contribution in [0.4, 0.5) is 5.69 Å². The number of rotatable bonds is 2. The largest absolute Gasteiger partial charge is 0.320 e. The highest BCUT2D eigenvalue weighted by molar-refractivity contribution is 6.42. The van der Waals surface area contributed by atoms with Crippen molar-refractivity contribution in [3.05, 3.63) is 62.1 Å². The molecule has 0 bridgehead atoms. The Morgan fingerprint density at radius 2 is 1.65 bits per heavy atom. The van der Waals surface area contributed by atoms with Crippen molar-refractivity contribution in [3.63, 3.8) is 0 Å². The minimum Gasteiger partial charge on any atom is -0.320 e. The lowest BCUT2D eigenvalue weighted by molar-refractivity contribution is 0.102. The van der Waals surface area contributed by atoms with Gasteiger partial charge in [0.05, 0.1) is 20.8 Å². The van der Waals surface area contributed by atoms with Gasteiger partial charge in [-0.25, -0.2) is 0 Å². The van der Waals surface area contributed by atoms with Crippen LogP contribution in [-0.2, 0) is 0 Å². The minimum absolute atomic E-state index is 0.280. The summed E-state index contributed by atoms with van der Waals surface area (Å²) in [4.78, 5) is 12.2. The topological polar surface area (TPSA) is 29.1 Å². The summed E-state index contributed by atoms with van der Waals surface area (Å²) in [5, 5.41) is 4.06. The Bertz CT molecular complexity index is 660. The second-order valence-electron chi connectivity index (χ2n) is 4.52. The lowest BCUT2D eigenvalue weighted by atomic mass is 10.1. The van der Waals surface area contributed by atoms with Gasteiger partial charge in [-0.2, -0.15) is 0 Å². The van der Waals surface area contributed by atoms with E-state index in [1.165, 1.54) is 6.07 Å². The van der Waals surface area contributed by atoms with Gasteiger partial charge in [0.15, 0.2) is 0 Å². The molecule has 5 heteroatoms. The first-order chi connectivity index (χ1) is 9.38.